The molecule has 1 aromatic heterocycles. The molecule has 3 heteroatoms. The molecule has 2 rings (SSSR count). The highest BCUT2D eigenvalue weighted by molar-refractivity contribution is 5.15. The van der Waals surface area contributed by atoms with Crippen molar-refractivity contribution in [3.63, 3.8) is 0 Å². The van der Waals surface area contributed by atoms with Crippen molar-refractivity contribution in [1.29, 1.82) is 0 Å². The lowest BCUT2D eigenvalue weighted by Gasteiger charge is -2.13. The van der Waals surface area contributed by atoms with Gasteiger partial charge in [-0.25, -0.2) is 4.39 Å². The standard InChI is InChI=1S/C15H17FN2/c1-12(15-8-7-14(16)11-18-15)17-10-9-13-5-3-2-4-6-13/h2-8,11-12,17H,9-10H2,1H3. The van der Waals surface area contributed by atoms with Gasteiger partial charge in [-0.1, -0.05) is 30.3 Å². The molecule has 0 saturated heterocycles. The second-order valence-electron chi connectivity index (χ2n) is 4.31. The zero-order valence-corrected chi connectivity index (χ0v) is 10.4. The Morgan fingerprint density at radius 1 is 1.17 bits per heavy atom. The van der Waals surface area contributed by atoms with Crippen LogP contribution >= 0.6 is 0 Å². The van der Waals surface area contributed by atoms with Crippen LogP contribution in [0, 0.1) is 5.82 Å². The minimum Gasteiger partial charge on any atom is -0.309 e. The molecule has 0 amide bonds. The van der Waals surface area contributed by atoms with Crippen molar-refractivity contribution < 1.29 is 4.39 Å². The topological polar surface area (TPSA) is 24.9 Å². The predicted molar refractivity (Wildman–Crippen MR) is 70.8 cm³/mol. The Balaban J connectivity index is 1.81. The van der Waals surface area contributed by atoms with E-state index in [0.717, 1.165) is 18.7 Å². The highest BCUT2D eigenvalue weighted by Gasteiger charge is 2.05. The molecule has 1 aromatic carbocycles. The van der Waals surface area contributed by atoms with E-state index >= 15 is 0 Å². The summed E-state index contributed by atoms with van der Waals surface area (Å²) < 4.78 is 12.7. The molecule has 0 saturated carbocycles. The van der Waals surface area contributed by atoms with E-state index < -0.39 is 0 Å². The molecule has 1 atom stereocenters. The summed E-state index contributed by atoms with van der Waals surface area (Å²) in [6.07, 6.45) is 2.23. The van der Waals surface area contributed by atoms with E-state index in [0.29, 0.717) is 0 Å². The largest absolute Gasteiger partial charge is 0.309 e. The quantitative estimate of drug-likeness (QED) is 0.874. The van der Waals surface area contributed by atoms with Gasteiger partial charge in [-0.2, -0.15) is 0 Å². The molecule has 0 fully saturated rings. The number of halogens is 1. The van der Waals surface area contributed by atoms with Crippen LogP contribution in [0.15, 0.2) is 48.7 Å². The van der Waals surface area contributed by atoms with Gasteiger partial charge in [-0.15, -0.1) is 0 Å². The number of rotatable bonds is 5. The Kier molecular flexibility index (Phi) is 4.42. The van der Waals surface area contributed by atoms with Crippen LogP contribution in [0.4, 0.5) is 4.39 Å². The van der Waals surface area contributed by atoms with Crippen molar-refractivity contribution >= 4 is 0 Å². The van der Waals surface area contributed by atoms with Crippen LogP contribution in [-0.2, 0) is 6.42 Å². The summed E-state index contributed by atoms with van der Waals surface area (Å²) >= 11 is 0. The zero-order chi connectivity index (χ0) is 12.8. The van der Waals surface area contributed by atoms with Gasteiger partial charge in [0.05, 0.1) is 11.9 Å². The number of nitrogens with one attached hydrogen (secondary N) is 1. The Morgan fingerprint density at radius 3 is 2.61 bits per heavy atom. The van der Waals surface area contributed by atoms with E-state index in [1.54, 1.807) is 6.07 Å². The van der Waals surface area contributed by atoms with Crippen molar-refractivity contribution in [1.82, 2.24) is 10.3 Å². The molecule has 0 radical (unpaired) electrons. The van der Waals surface area contributed by atoms with Crippen molar-refractivity contribution in [2.75, 3.05) is 6.54 Å². The van der Waals surface area contributed by atoms with Crippen LogP contribution in [0.1, 0.15) is 24.2 Å². The number of nitrogens with zero attached hydrogens (tertiary/aromatic N) is 1. The van der Waals surface area contributed by atoms with Gasteiger partial charge in [-0.3, -0.25) is 4.98 Å². The highest BCUT2D eigenvalue weighted by Crippen LogP contribution is 2.09. The zero-order valence-electron chi connectivity index (χ0n) is 10.4. The number of pyridine rings is 1. The SMILES string of the molecule is CC(NCCc1ccccc1)c1ccc(F)cn1. The van der Waals surface area contributed by atoms with Gasteiger partial charge in [0.15, 0.2) is 0 Å². The van der Waals surface area contributed by atoms with Crippen LogP contribution in [0.5, 0.6) is 0 Å². The molecule has 94 valence electrons. The van der Waals surface area contributed by atoms with Gasteiger partial charge in [0.2, 0.25) is 0 Å². The highest BCUT2D eigenvalue weighted by atomic mass is 19.1. The lowest BCUT2D eigenvalue weighted by molar-refractivity contribution is 0.557. The third-order valence-electron chi connectivity index (χ3n) is 2.90. The molecule has 18 heavy (non-hydrogen) atoms. The van der Waals surface area contributed by atoms with E-state index in [1.165, 1.54) is 17.8 Å². The van der Waals surface area contributed by atoms with Crippen LogP contribution in [0.25, 0.3) is 0 Å². The third kappa shape index (κ3) is 3.64. The number of hydrogen-bond donors (Lipinski definition) is 1. The Bertz CT molecular complexity index is 468. The first-order valence-corrected chi connectivity index (χ1v) is 6.14. The minimum absolute atomic E-state index is 0.134. The van der Waals surface area contributed by atoms with Crippen LogP contribution in [0.3, 0.4) is 0 Å². The first kappa shape index (κ1) is 12.7. The smallest absolute Gasteiger partial charge is 0.141 e. The summed E-state index contributed by atoms with van der Waals surface area (Å²) in [5.74, 6) is -0.296. The van der Waals surface area contributed by atoms with Crippen molar-refractivity contribution in [3.8, 4) is 0 Å². The summed E-state index contributed by atoms with van der Waals surface area (Å²) in [5.41, 5.74) is 2.17. The lowest BCUT2D eigenvalue weighted by Crippen LogP contribution is -2.22. The first-order valence-electron chi connectivity index (χ1n) is 6.14. The van der Waals surface area contributed by atoms with Crippen molar-refractivity contribution in [2.24, 2.45) is 0 Å². The van der Waals surface area contributed by atoms with Gasteiger partial charge in [0.25, 0.3) is 0 Å². The fourth-order valence-electron chi connectivity index (χ4n) is 1.83. The van der Waals surface area contributed by atoms with Crippen molar-refractivity contribution in [3.05, 3.63) is 65.7 Å². The summed E-state index contributed by atoms with van der Waals surface area (Å²) in [5, 5.41) is 3.38. The number of hydrogen-bond acceptors (Lipinski definition) is 2. The molecule has 1 unspecified atom stereocenters. The maximum Gasteiger partial charge on any atom is 0.141 e. The number of aromatic nitrogens is 1. The van der Waals surface area contributed by atoms with E-state index in [-0.39, 0.29) is 11.9 Å². The normalized spacial score (nSPS) is 12.3. The molecule has 1 N–H and O–H groups in total. The van der Waals surface area contributed by atoms with E-state index in [9.17, 15) is 4.39 Å². The molecule has 0 aliphatic rings. The summed E-state index contributed by atoms with van der Waals surface area (Å²) in [6, 6.07) is 13.6. The molecule has 0 bridgehead atoms. The molecule has 2 aromatic rings. The number of benzene rings is 1. The van der Waals surface area contributed by atoms with Crippen LogP contribution in [-0.4, -0.2) is 11.5 Å². The average Bonchev–Trinajstić information content (AvgIpc) is 2.40. The molecular weight excluding hydrogens is 227 g/mol. The maximum atomic E-state index is 12.7. The molecule has 2 nitrogen and oxygen atoms in total. The fourth-order valence-corrected chi connectivity index (χ4v) is 1.83. The van der Waals surface area contributed by atoms with Gasteiger partial charge in [0.1, 0.15) is 5.82 Å². The average molecular weight is 244 g/mol. The van der Waals surface area contributed by atoms with E-state index in [4.69, 9.17) is 0 Å². The Labute approximate surface area is 107 Å². The van der Waals surface area contributed by atoms with Gasteiger partial charge in [-0.05, 0) is 37.6 Å². The van der Waals surface area contributed by atoms with Gasteiger partial charge < -0.3 is 5.32 Å². The lowest BCUT2D eigenvalue weighted by atomic mass is 10.1. The first-order chi connectivity index (χ1) is 8.75. The molecule has 0 aliphatic heterocycles. The Morgan fingerprint density at radius 2 is 1.94 bits per heavy atom. The third-order valence-corrected chi connectivity index (χ3v) is 2.90. The second-order valence-corrected chi connectivity index (χ2v) is 4.31. The maximum absolute atomic E-state index is 12.7. The minimum atomic E-state index is -0.296. The molecular formula is C15H17FN2. The van der Waals surface area contributed by atoms with Crippen LogP contribution < -0.4 is 5.32 Å². The Hall–Kier alpha value is -1.74. The predicted octanol–water partition coefficient (Wildman–Crippen LogP) is 3.11. The summed E-state index contributed by atoms with van der Waals surface area (Å²) in [7, 11) is 0. The van der Waals surface area contributed by atoms with E-state index in [1.807, 2.05) is 25.1 Å². The van der Waals surface area contributed by atoms with Gasteiger partial charge >= 0.3 is 0 Å². The van der Waals surface area contributed by atoms with Crippen molar-refractivity contribution in [2.45, 2.75) is 19.4 Å². The van der Waals surface area contributed by atoms with Gasteiger partial charge in [0, 0.05) is 6.04 Å². The fraction of sp³-hybridized carbons (Fsp3) is 0.267. The van der Waals surface area contributed by atoms with E-state index in [2.05, 4.69) is 22.4 Å². The molecule has 1 heterocycles. The second kappa shape index (κ2) is 6.26. The molecule has 0 spiro atoms. The van der Waals surface area contributed by atoms with Crippen LogP contribution in [0.2, 0.25) is 0 Å². The summed E-state index contributed by atoms with van der Waals surface area (Å²) in [6.45, 7) is 2.91. The summed E-state index contributed by atoms with van der Waals surface area (Å²) in [4.78, 5) is 4.07. The molecule has 0 aliphatic carbocycles. The monoisotopic (exact) mass is 244 g/mol.